The van der Waals surface area contributed by atoms with Gasteiger partial charge in [0.25, 0.3) is 5.91 Å². The fraction of sp³-hybridized carbons (Fsp3) is 0.241. The Morgan fingerprint density at radius 1 is 1.12 bits per heavy atom. The Morgan fingerprint density at radius 2 is 1.88 bits per heavy atom. The Balaban J connectivity index is 1.31. The number of carbonyl (C=O) groups excluding carboxylic acids is 2. The van der Waals surface area contributed by atoms with E-state index in [1.165, 1.54) is 12.3 Å². The van der Waals surface area contributed by atoms with Crippen molar-refractivity contribution in [3.8, 4) is 5.88 Å². The molecule has 0 aliphatic rings. The molecule has 0 bridgehead atoms. The second kappa shape index (κ2) is 12.6. The number of halogens is 3. The van der Waals surface area contributed by atoms with Crippen molar-refractivity contribution in [1.29, 1.82) is 0 Å². The zero-order chi connectivity index (χ0) is 30.4. The molecular weight excluding hydrogens is 551 g/mol. The average Bonchev–Trinajstić information content (AvgIpc) is 3.40. The van der Waals surface area contributed by atoms with Crippen molar-refractivity contribution in [2.24, 2.45) is 10.2 Å². The number of rotatable bonds is 10. The van der Waals surface area contributed by atoms with Crippen molar-refractivity contribution in [3.05, 3.63) is 69.9 Å². The summed E-state index contributed by atoms with van der Waals surface area (Å²) >= 11 is 0. The Hall–Kier alpha value is -5.07. The number of anilines is 2. The third kappa shape index (κ3) is 6.97. The highest BCUT2D eigenvalue weighted by molar-refractivity contribution is 5.96. The lowest BCUT2D eigenvalue weighted by Crippen LogP contribution is -2.32. The second-order valence-electron chi connectivity index (χ2n) is 9.64. The van der Waals surface area contributed by atoms with E-state index in [4.69, 9.17) is 5.73 Å². The number of nitrogens with zero attached hydrogens (tertiary/aromatic N) is 2. The SMILES string of the molecule is C=c1c(C(=O)NCCCCCC(=O)Nc2ccccc2N)c(C)[nH]c1=CN=Nc1c(O)[nH]c2cc(C(F)(F)F)ccc12. The number of nitrogens with two attached hydrogens (primary N) is 1. The largest absolute Gasteiger partial charge is 0.493 e. The number of azo groups is 1. The van der Waals surface area contributed by atoms with Crippen molar-refractivity contribution >= 4 is 52.6 Å². The Kier molecular flexibility index (Phi) is 8.99. The normalized spacial score (nSPS) is 12.3. The number of nitrogens with one attached hydrogen (secondary N) is 4. The highest BCUT2D eigenvalue weighted by Crippen LogP contribution is 2.38. The molecular formula is C29H30F3N7O3. The van der Waals surface area contributed by atoms with Crippen LogP contribution in [0.3, 0.4) is 0 Å². The van der Waals surface area contributed by atoms with Gasteiger partial charge in [-0.05, 0) is 50.1 Å². The van der Waals surface area contributed by atoms with Gasteiger partial charge in [-0.2, -0.15) is 18.3 Å². The van der Waals surface area contributed by atoms with Gasteiger partial charge in [0.2, 0.25) is 11.8 Å². The summed E-state index contributed by atoms with van der Waals surface area (Å²) in [6.07, 6.45) is -0.824. The third-order valence-corrected chi connectivity index (χ3v) is 6.58. The van der Waals surface area contributed by atoms with E-state index >= 15 is 0 Å². The molecule has 0 unspecified atom stereocenters. The molecule has 2 aromatic carbocycles. The lowest BCUT2D eigenvalue weighted by molar-refractivity contribution is -0.137. The summed E-state index contributed by atoms with van der Waals surface area (Å²) in [6, 6.07) is 10.0. The van der Waals surface area contributed by atoms with Crippen LogP contribution < -0.4 is 26.9 Å². The highest BCUT2D eigenvalue weighted by Gasteiger charge is 2.31. The molecule has 2 aromatic heterocycles. The van der Waals surface area contributed by atoms with Crippen molar-refractivity contribution in [2.45, 2.75) is 38.8 Å². The topological polar surface area (TPSA) is 161 Å². The van der Waals surface area contributed by atoms with Crippen LogP contribution in [0, 0.1) is 6.92 Å². The number of hydrogen-bond acceptors (Lipinski definition) is 6. The molecule has 13 heteroatoms. The molecule has 0 aliphatic carbocycles. The number of alkyl halides is 3. The molecule has 0 fully saturated rings. The van der Waals surface area contributed by atoms with Crippen molar-refractivity contribution in [1.82, 2.24) is 15.3 Å². The highest BCUT2D eigenvalue weighted by atomic mass is 19.4. The molecule has 0 saturated heterocycles. The molecule has 7 N–H and O–H groups in total. The molecule has 10 nitrogen and oxygen atoms in total. The molecule has 42 heavy (non-hydrogen) atoms. The predicted molar refractivity (Wildman–Crippen MR) is 155 cm³/mol. The number of aryl methyl sites for hydroxylation is 1. The zero-order valence-corrected chi connectivity index (χ0v) is 22.7. The fourth-order valence-electron chi connectivity index (χ4n) is 4.41. The minimum Gasteiger partial charge on any atom is -0.493 e. The van der Waals surface area contributed by atoms with Crippen LogP contribution in [0.5, 0.6) is 5.88 Å². The number of aromatic hydroxyl groups is 1. The van der Waals surface area contributed by atoms with Gasteiger partial charge in [-0.15, -0.1) is 5.11 Å². The number of fused-ring (bicyclic) bond motifs is 1. The molecule has 0 radical (unpaired) electrons. The summed E-state index contributed by atoms with van der Waals surface area (Å²) < 4.78 is 38.9. The van der Waals surface area contributed by atoms with Crippen LogP contribution in [0.1, 0.15) is 47.3 Å². The summed E-state index contributed by atoms with van der Waals surface area (Å²) in [6.45, 7) is 6.07. The second-order valence-corrected chi connectivity index (χ2v) is 9.64. The average molecular weight is 582 g/mol. The number of unbranched alkanes of at least 4 members (excludes halogenated alkanes) is 2. The number of benzene rings is 2. The third-order valence-electron chi connectivity index (χ3n) is 6.58. The van der Waals surface area contributed by atoms with E-state index in [0.717, 1.165) is 18.6 Å². The molecule has 2 amide bonds. The van der Waals surface area contributed by atoms with Crippen LogP contribution >= 0.6 is 0 Å². The molecule has 0 saturated carbocycles. The van der Waals surface area contributed by atoms with Gasteiger partial charge in [-0.3, -0.25) is 9.59 Å². The van der Waals surface area contributed by atoms with E-state index in [2.05, 4.69) is 37.4 Å². The summed E-state index contributed by atoms with van der Waals surface area (Å²) in [4.78, 5) is 30.4. The van der Waals surface area contributed by atoms with E-state index in [9.17, 15) is 27.9 Å². The zero-order valence-electron chi connectivity index (χ0n) is 22.7. The minimum atomic E-state index is -4.53. The number of aromatic nitrogens is 2. The van der Waals surface area contributed by atoms with Crippen LogP contribution in [-0.4, -0.2) is 33.4 Å². The molecule has 0 spiro atoms. The number of para-hydroxylation sites is 2. The Labute approximate surface area is 238 Å². The first-order valence-electron chi connectivity index (χ1n) is 13.1. The Bertz CT molecular complexity index is 1760. The van der Waals surface area contributed by atoms with Crippen molar-refractivity contribution in [3.63, 3.8) is 0 Å². The molecule has 4 aromatic rings. The van der Waals surface area contributed by atoms with E-state index in [1.807, 2.05) is 0 Å². The number of H-pyrrole nitrogens is 2. The standard InChI is InChI=1S/C29H30F3N7O3/c1-16-23(15-35-39-26-19-12-11-18(29(30,31)32)14-22(19)38-28(26)42)36-17(2)25(16)27(41)34-13-7-3-4-10-24(40)37-21-9-6-5-8-20(21)33/h5-6,8-9,11-12,14-15,36,38,42H,1,3-4,7,10,13,33H2,2H3,(H,34,41)(H,37,40). The lowest BCUT2D eigenvalue weighted by atomic mass is 10.1. The summed E-state index contributed by atoms with van der Waals surface area (Å²) in [5.41, 5.74) is 7.00. The molecule has 220 valence electrons. The van der Waals surface area contributed by atoms with Gasteiger partial charge in [0.15, 0.2) is 5.69 Å². The van der Waals surface area contributed by atoms with Gasteiger partial charge < -0.3 is 31.4 Å². The fourth-order valence-corrected chi connectivity index (χ4v) is 4.41. The van der Waals surface area contributed by atoms with Crippen LogP contribution in [0.4, 0.5) is 30.2 Å². The van der Waals surface area contributed by atoms with Crippen LogP contribution in [0.25, 0.3) is 23.7 Å². The molecule has 0 aliphatic heterocycles. The van der Waals surface area contributed by atoms with E-state index in [-0.39, 0.29) is 28.4 Å². The summed E-state index contributed by atoms with van der Waals surface area (Å²) in [5, 5.41) is 24.7. The van der Waals surface area contributed by atoms with Crippen molar-refractivity contribution < 1.29 is 27.9 Å². The predicted octanol–water partition coefficient (Wildman–Crippen LogP) is 4.97. The van der Waals surface area contributed by atoms with Crippen LogP contribution in [0.2, 0.25) is 0 Å². The quantitative estimate of drug-likeness (QED) is 0.0886. The summed E-state index contributed by atoms with van der Waals surface area (Å²) in [7, 11) is 0. The van der Waals surface area contributed by atoms with E-state index in [0.29, 0.717) is 59.0 Å². The monoisotopic (exact) mass is 581 g/mol. The minimum absolute atomic E-state index is 0.0245. The van der Waals surface area contributed by atoms with Crippen molar-refractivity contribution in [2.75, 3.05) is 17.6 Å². The molecule has 2 heterocycles. The number of amides is 2. The number of nitrogen functional groups attached to an aromatic ring is 1. The first kappa shape index (κ1) is 29.9. The maximum Gasteiger partial charge on any atom is 0.416 e. The van der Waals surface area contributed by atoms with E-state index in [1.54, 1.807) is 31.2 Å². The maximum atomic E-state index is 13.0. The Morgan fingerprint density at radius 3 is 2.62 bits per heavy atom. The van der Waals surface area contributed by atoms with Gasteiger partial charge in [0.1, 0.15) is 0 Å². The van der Waals surface area contributed by atoms with E-state index < -0.39 is 17.6 Å². The number of carbonyl (C=O) groups is 2. The first-order chi connectivity index (χ1) is 20.0. The van der Waals surface area contributed by atoms with Crippen LogP contribution in [-0.2, 0) is 11.0 Å². The smallest absolute Gasteiger partial charge is 0.416 e. The number of aromatic amines is 2. The van der Waals surface area contributed by atoms with Gasteiger partial charge >= 0.3 is 6.18 Å². The van der Waals surface area contributed by atoms with Gasteiger partial charge in [-0.1, -0.05) is 25.1 Å². The molecule has 4 rings (SSSR count). The molecule has 0 atom stereocenters. The van der Waals surface area contributed by atoms with Gasteiger partial charge in [0, 0.05) is 29.3 Å². The maximum absolute atomic E-state index is 13.0. The summed E-state index contributed by atoms with van der Waals surface area (Å²) in [5.74, 6) is -0.879. The first-order valence-corrected chi connectivity index (χ1v) is 13.1. The van der Waals surface area contributed by atoms with Gasteiger partial charge in [0.05, 0.1) is 39.6 Å². The van der Waals surface area contributed by atoms with Gasteiger partial charge in [-0.25, -0.2) is 0 Å². The number of hydrogen-bond donors (Lipinski definition) is 6. The van der Waals surface area contributed by atoms with Crippen LogP contribution in [0.15, 0.2) is 52.7 Å². The lowest BCUT2D eigenvalue weighted by Gasteiger charge is -2.08.